The van der Waals surface area contributed by atoms with E-state index >= 15 is 0 Å². The number of hydrogen-bond donors (Lipinski definition) is 2. The molecule has 0 saturated carbocycles. The molecule has 164 valence electrons. The number of nitrogens with one attached hydrogen (secondary N) is 2. The summed E-state index contributed by atoms with van der Waals surface area (Å²) in [5, 5.41) is 11.2. The van der Waals surface area contributed by atoms with Gasteiger partial charge in [-0.05, 0) is 43.7 Å². The van der Waals surface area contributed by atoms with E-state index in [0.29, 0.717) is 27.8 Å². The Kier molecular flexibility index (Phi) is 6.46. The maximum atomic E-state index is 12.5. The van der Waals surface area contributed by atoms with Crippen LogP contribution in [0.3, 0.4) is 0 Å². The number of sulfonamides is 1. The SMILES string of the molecule is Cc1nc(-c2nnn(C)c2NC(=O)O[C@H](C)c2cccc(Cl)c2)ccc1NS(C)(=O)=O. The number of carbonyl (C=O) groups is 1. The third-order valence-corrected chi connectivity index (χ3v) is 5.10. The van der Waals surface area contributed by atoms with Gasteiger partial charge in [-0.2, -0.15) is 0 Å². The van der Waals surface area contributed by atoms with Gasteiger partial charge < -0.3 is 4.74 Å². The molecule has 3 aromatic rings. The van der Waals surface area contributed by atoms with Crippen LogP contribution in [0.25, 0.3) is 11.4 Å². The van der Waals surface area contributed by atoms with Gasteiger partial charge in [-0.25, -0.2) is 22.9 Å². The van der Waals surface area contributed by atoms with Crippen LogP contribution in [0.1, 0.15) is 24.3 Å². The van der Waals surface area contributed by atoms with Crippen LogP contribution in [-0.4, -0.2) is 40.7 Å². The lowest BCUT2D eigenvalue weighted by Crippen LogP contribution is -2.18. The highest BCUT2D eigenvalue weighted by Crippen LogP contribution is 2.27. The Hall–Kier alpha value is -3.18. The van der Waals surface area contributed by atoms with Crippen LogP contribution in [0.5, 0.6) is 0 Å². The average Bonchev–Trinajstić information content (AvgIpc) is 3.02. The van der Waals surface area contributed by atoms with Gasteiger partial charge in [-0.3, -0.25) is 10.0 Å². The first-order valence-electron chi connectivity index (χ1n) is 9.12. The smallest absolute Gasteiger partial charge is 0.413 e. The topological polar surface area (TPSA) is 128 Å². The maximum absolute atomic E-state index is 12.5. The van der Waals surface area contributed by atoms with E-state index < -0.39 is 22.2 Å². The monoisotopic (exact) mass is 464 g/mol. The van der Waals surface area contributed by atoms with E-state index in [1.165, 1.54) is 4.68 Å². The first kappa shape index (κ1) is 22.5. The lowest BCUT2D eigenvalue weighted by molar-refractivity contribution is 0.121. The van der Waals surface area contributed by atoms with E-state index in [-0.39, 0.29) is 5.82 Å². The number of halogens is 1. The molecule has 0 saturated heterocycles. The lowest BCUT2D eigenvalue weighted by Gasteiger charge is -2.15. The van der Waals surface area contributed by atoms with Gasteiger partial charge in [0.2, 0.25) is 10.0 Å². The van der Waals surface area contributed by atoms with Crippen molar-refractivity contribution in [2.75, 3.05) is 16.3 Å². The van der Waals surface area contributed by atoms with Gasteiger partial charge in [-0.1, -0.05) is 28.9 Å². The number of hydrogen-bond acceptors (Lipinski definition) is 7. The molecule has 12 heteroatoms. The fourth-order valence-corrected chi connectivity index (χ4v) is 3.60. The zero-order chi connectivity index (χ0) is 22.8. The Bertz CT molecular complexity index is 1230. The minimum Gasteiger partial charge on any atom is -0.441 e. The van der Waals surface area contributed by atoms with E-state index in [1.807, 2.05) is 0 Å². The van der Waals surface area contributed by atoms with Crippen molar-refractivity contribution >= 4 is 39.2 Å². The van der Waals surface area contributed by atoms with E-state index in [1.54, 1.807) is 57.3 Å². The molecule has 0 unspecified atom stereocenters. The number of benzene rings is 1. The molecule has 0 bridgehead atoms. The van der Waals surface area contributed by atoms with Gasteiger partial charge in [0.05, 0.1) is 23.3 Å². The number of nitrogens with zero attached hydrogens (tertiary/aromatic N) is 4. The second kappa shape index (κ2) is 8.90. The van der Waals surface area contributed by atoms with Gasteiger partial charge in [0.25, 0.3) is 0 Å². The number of carbonyl (C=O) groups excluding carboxylic acids is 1. The maximum Gasteiger partial charge on any atom is 0.413 e. The molecule has 1 amide bonds. The van der Waals surface area contributed by atoms with Crippen LogP contribution >= 0.6 is 11.6 Å². The summed E-state index contributed by atoms with van der Waals surface area (Å²) in [5.41, 5.74) is 2.25. The minimum absolute atomic E-state index is 0.277. The number of anilines is 2. The molecule has 0 aliphatic rings. The standard InChI is InChI=1S/C19H21ClN6O4S/c1-11-15(24-31(4,28)29)8-9-16(21-11)17-18(26(3)25-23-17)22-19(27)30-12(2)13-6-5-7-14(20)10-13/h5-10,12,24H,1-4H3,(H,22,27)/t12-/m1/s1. The number of aryl methyl sites for hydroxylation is 2. The minimum atomic E-state index is -3.44. The Morgan fingerprint density at radius 2 is 2.00 bits per heavy atom. The predicted molar refractivity (Wildman–Crippen MR) is 117 cm³/mol. The predicted octanol–water partition coefficient (Wildman–Crippen LogP) is 3.52. The second-order valence-electron chi connectivity index (χ2n) is 6.84. The first-order chi connectivity index (χ1) is 14.5. The fourth-order valence-electron chi connectivity index (χ4n) is 2.78. The van der Waals surface area contributed by atoms with Crippen LogP contribution in [0.15, 0.2) is 36.4 Å². The number of aromatic nitrogens is 4. The van der Waals surface area contributed by atoms with Crippen LogP contribution in [0.4, 0.5) is 16.3 Å². The molecule has 2 heterocycles. The Labute approximate surface area is 184 Å². The van der Waals surface area contributed by atoms with Crippen molar-refractivity contribution in [1.82, 2.24) is 20.0 Å². The van der Waals surface area contributed by atoms with E-state index in [9.17, 15) is 13.2 Å². The molecule has 10 nitrogen and oxygen atoms in total. The van der Waals surface area contributed by atoms with Crippen molar-refractivity contribution in [3.8, 4) is 11.4 Å². The highest BCUT2D eigenvalue weighted by Gasteiger charge is 2.20. The summed E-state index contributed by atoms with van der Waals surface area (Å²) >= 11 is 5.99. The summed E-state index contributed by atoms with van der Waals surface area (Å²) < 4.78 is 32.1. The van der Waals surface area contributed by atoms with Crippen LogP contribution < -0.4 is 10.0 Å². The highest BCUT2D eigenvalue weighted by atomic mass is 35.5. The third kappa shape index (κ3) is 5.70. The van der Waals surface area contributed by atoms with Crippen LogP contribution in [0.2, 0.25) is 5.02 Å². The molecule has 0 radical (unpaired) electrons. The molecule has 0 fully saturated rings. The largest absolute Gasteiger partial charge is 0.441 e. The van der Waals surface area contributed by atoms with E-state index in [2.05, 4.69) is 25.3 Å². The van der Waals surface area contributed by atoms with Crippen molar-refractivity contribution in [1.29, 1.82) is 0 Å². The van der Waals surface area contributed by atoms with Crippen LogP contribution in [0, 0.1) is 6.92 Å². The van der Waals surface area contributed by atoms with Crippen molar-refractivity contribution in [3.63, 3.8) is 0 Å². The molecule has 1 aromatic carbocycles. The average molecular weight is 465 g/mol. The molecule has 3 rings (SSSR count). The summed E-state index contributed by atoms with van der Waals surface area (Å²) in [6.45, 7) is 3.38. The number of rotatable bonds is 6. The quantitative estimate of drug-likeness (QED) is 0.571. The number of amides is 1. The van der Waals surface area contributed by atoms with E-state index in [4.69, 9.17) is 16.3 Å². The molecule has 31 heavy (non-hydrogen) atoms. The van der Waals surface area contributed by atoms with Gasteiger partial charge in [0, 0.05) is 12.1 Å². The Morgan fingerprint density at radius 3 is 2.65 bits per heavy atom. The normalized spacial score (nSPS) is 12.3. The Balaban J connectivity index is 1.79. The van der Waals surface area contributed by atoms with Crippen molar-refractivity contribution in [2.45, 2.75) is 20.0 Å². The van der Waals surface area contributed by atoms with Crippen molar-refractivity contribution < 1.29 is 17.9 Å². The molecule has 1 atom stereocenters. The van der Waals surface area contributed by atoms with Gasteiger partial charge in [-0.15, -0.1) is 5.10 Å². The summed E-state index contributed by atoms with van der Waals surface area (Å²) in [4.78, 5) is 16.8. The summed E-state index contributed by atoms with van der Waals surface area (Å²) in [6, 6.07) is 10.2. The molecular formula is C19H21ClN6O4S. The summed E-state index contributed by atoms with van der Waals surface area (Å²) in [7, 11) is -1.83. The van der Waals surface area contributed by atoms with Crippen LogP contribution in [-0.2, 0) is 21.8 Å². The number of pyridine rings is 1. The molecule has 0 spiro atoms. The number of ether oxygens (including phenoxy) is 1. The fraction of sp³-hybridized carbons (Fsp3) is 0.263. The molecule has 0 aliphatic carbocycles. The van der Waals surface area contributed by atoms with E-state index in [0.717, 1.165) is 11.8 Å². The van der Waals surface area contributed by atoms with Crippen molar-refractivity contribution in [2.24, 2.45) is 7.05 Å². The zero-order valence-corrected chi connectivity index (χ0v) is 18.8. The molecule has 0 aliphatic heterocycles. The van der Waals surface area contributed by atoms with Crippen molar-refractivity contribution in [3.05, 3.63) is 52.7 Å². The molecule has 2 N–H and O–H groups in total. The highest BCUT2D eigenvalue weighted by molar-refractivity contribution is 7.92. The summed E-state index contributed by atoms with van der Waals surface area (Å²) in [5.74, 6) is 0.277. The lowest BCUT2D eigenvalue weighted by atomic mass is 10.1. The van der Waals surface area contributed by atoms with Gasteiger partial charge >= 0.3 is 6.09 Å². The summed E-state index contributed by atoms with van der Waals surface area (Å²) in [6.07, 6.45) is -0.183. The third-order valence-electron chi connectivity index (χ3n) is 4.27. The van der Waals surface area contributed by atoms with Gasteiger partial charge in [0.15, 0.2) is 11.5 Å². The first-order valence-corrected chi connectivity index (χ1v) is 11.4. The zero-order valence-electron chi connectivity index (χ0n) is 17.2. The van der Waals surface area contributed by atoms with Gasteiger partial charge in [0.1, 0.15) is 6.10 Å². The Morgan fingerprint density at radius 1 is 1.26 bits per heavy atom. The molecule has 2 aromatic heterocycles. The molecular weight excluding hydrogens is 444 g/mol. The second-order valence-corrected chi connectivity index (χ2v) is 9.03.